The summed E-state index contributed by atoms with van der Waals surface area (Å²) in [4.78, 5) is 25.6. The maximum absolute atomic E-state index is 13.1. The number of carbonyl (C=O) groups is 2. The molecule has 4 nitrogen and oxygen atoms in total. The lowest BCUT2D eigenvalue weighted by Crippen LogP contribution is -2.43. The molecule has 33 heavy (non-hydrogen) atoms. The summed E-state index contributed by atoms with van der Waals surface area (Å²) in [6.45, 7) is 1.86. The zero-order chi connectivity index (χ0) is 24.6. The average molecular weight is 478 g/mol. The molecule has 3 rings (SSSR count). The third-order valence-electron chi connectivity index (χ3n) is 6.94. The lowest BCUT2D eigenvalue weighted by Gasteiger charge is -2.34. The van der Waals surface area contributed by atoms with Crippen LogP contribution < -0.4 is 11.1 Å². The lowest BCUT2D eigenvalue weighted by atomic mass is 9.71. The Labute approximate surface area is 188 Å². The Balaban J connectivity index is 1.66. The van der Waals surface area contributed by atoms with Crippen molar-refractivity contribution in [1.82, 2.24) is 0 Å². The van der Waals surface area contributed by atoms with Gasteiger partial charge >= 0.3 is 12.4 Å². The molecule has 2 aliphatic carbocycles. The van der Waals surface area contributed by atoms with Crippen LogP contribution in [0.25, 0.3) is 0 Å². The van der Waals surface area contributed by atoms with E-state index in [0.717, 1.165) is 25.7 Å². The molecule has 3 N–H and O–H groups in total. The number of hydrogen-bond donors (Lipinski definition) is 2. The smallest absolute Gasteiger partial charge is 0.327 e. The second-order valence-electron chi connectivity index (χ2n) is 9.64. The second kappa shape index (κ2) is 9.27. The number of alkyl halides is 6. The number of ketones is 1. The normalized spacial score (nSPS) is 28.5. The molecule has 0 aromatic heterocycles. The number of amides is 1. The Morgan fingerprint density at radius 3 is 2.12 bits per heavy atom. The summed E-state index contributed by atoms with van der Waals surface area (Å²) in [5.74, 6) is -0.974. The molecule has 1 aromatic rings. The highest BCUT2D eigenvalue weighted by atomic mass is 19.4. The minimum Gasteiger partial charge on any atom is -0.327 e. The number of nitrogens with one attached hydrogen (secondary N) is 1. The lowest BCUT2D eigenvalue weighted by molar-refractivity contribution is -0.143. The molecule has 0 heterocycles. The van der Waals surface area contributed by atoms with Crippen molar-refractivity contribution in [3.8, 4) is 0 Å². The highest BCUT2D eigenvalue weighted by Crippen LogP contribution is 2.46. The molecule has 184 valence electrons. The van der Waals surface area contributed by atoms with E-state index in [1.807, 2.05) is 6.92 Å². The zero-order valence-electron chi connectivity index (χ0n) is 18.3. The summed E-state index contributed by atoms with van der Waals surface area (Å²) in [5, 5.41) is 2.18. The maximum Gasteiger partial charge on any atom is 0.416 e. The number of halogens is 6. The number of nitrogens with two attached hydrogens (primary N) is 1. The van der Waals surface area contributed by atoms with E-state index in [0.29, 0.717) is 31.4 Å². The van der Waals surface area contributed by atoms with Gasteiger partial charge in [0.1, 0.15) is 5.78 Å². The third kappa shape index (κ3) is 6.07. The van der Waals surface area contributed by atoms with Gasteiger partial charge in [-0.15, -0.1) is 0 Å². The fraction of sp³-hybridized carbons (Fsp3) is 0.652. The van der Waals surface area contributed by atoms with Crippen molar-refractivity contribution in [2.75, 3.05) is 5.32 Å². The fourth-order valence-electron chi connectivity index (χ4n) is 5.20. The number of benzene rings is 1. The standard InChI is InChI=1S/C23H28F6N2O2/c1-21(20(33)17-4-2-3-5-18(17)30)7-6-13(12-21)8-19(32)31-16-10-14(22(24,25)26)9-15(11-16)23(27,28)29/h9-11,13,17-18H,2-8,12,30H2,1H3,(H,31,32). The van der Waals surface area contributed by atoms with Gasteiger partial charge in [0.05, 0.1) is 11.1 Å². The molecular weight excluding hydrogens is 450 g/mol. The van der Waals surface area contributed by atoms with E-state index < -0.39 is 40.5 Å². The quantitative estimate of drug-likeness (QED) is 0.514. The minimum absolute atomic E-state index is 0.0135. The van der Waals surface area contributed by atoms with Crippen LogP contribution in [-0.4, -0.2) is 17.7 Å². The molecule has 0 saturated heterocycles. The summed E-state index contributed by atoms with van der Waals surface area (Å²) in [7, 11) is 0. The van der Waals surface area contributed by atoms with Gasteiger partial charge in [0.25, 0.3) is 0 Å². The first-order valence-corrected chi connectivity index (χ1v) is 11.1. The fourth-order valence-corrected chi connectivity index (χ4v) is 5.20. The van der Waals surface area contributed by atoms with Gasteiger partial charge in [-0.3, -0.25) is 9.59 Å². The highest BCUT2D eigenvalue weighted by Gasteiger charge is 2.45. The molecule has 0 spiro atoms. The average Bonchev–Trinajstić information content (AvgIpc) is 3.08. The van der Waals surface area contributed by atoms with Gasteiger partial charge in [-0.05, 0) is 56.2 Å². The molecule has 0 aliphatic heterocycles. The van der Waals surface area contributed by atoms with E-state index in [-0.39, 0.29) is 36.1 Å². The summed E-state index contributed by atoms with van der Waals surface area (Å²) in [6.07, 6.45) is -4.98. The van der Waals surface area contributed by atoms with Gasteiger partial charge in [-0.1, -0.05) is 19.8 Å². The van der Waals surface area contributed by atoms with Crippen LogP contribution in [0.5, 0.6) is 0 Å². The topological polar surface area (TPSA) is 72.2 Å². The SMILES string of the molecule is CC1(C(=O)C2CCCCC2N)CCC(CC(=O)Nc2cc(C(F)(F)F)cc(C(F)(F)F)c2)C1. The molecule has 2 aliphatic rings. The zero-order valence-corrected chi connectivity index (χ0v) is 18.3. The number of hydrogen-bond acceptors (Lipinski definition) is 3. The van der Waals surface area contributed by atoms with Gasteiger partial charge in [-0.2, -0.15) is 26.3 Å². The van der Waals surface area contributed by atoms with E-state index in [1.54, 1.807) is 0 Å². The molecule has 10 heteroatoms. The van der Waals surface area contributed by atoms with Crippen LogP contribution in [0.1, 0.15) is 69.4 Å². The van der Waals surface area contributed by atoms with Gasteiger partial charge in [0.15, 0.2) is 0 Å². The molecule has 4 unspecified atom stereocenters. The minimum atomic E-state index is -4.99. The van der Waals surface area contributed by atoms with E-state index in [1.165, 1.54) is 0 Å². The van der Waals surface area contributed by atoms with Crippen LogP contribution in [0, 0.1) is 17.3 Å². The predicted molar refractivity (Wildman–Crippen MR) is 110 cm³/mol. The van der Waals surface area contributed by atoms with Crippen LogP contribution in [0.2, 0.25) is 0 Å². The van der Waals surface area contributed by atoms with Gasteiger partial charge < -0.3 is 11.1 Å². The molecule has 2 saturated carbocycles. The Morgan fingerprint density at radius 1 is 1.00 bits per heavy atom. The van der Waals surface area contributed by atoms with Crippen LogP contribution in [-0.2, 0) is 21.9 Å². The Hall–Kier alpha value is -2.10. The summed E-state index contributed by atoms with van der Waals surface area (Å²) >= 11 is 0. The first kappa shape index (κ1) is 25.5. The molecule has 1 amide bonds. The van der Waals surface area contributed by atoms with Gasteiger partial charge in [0, 0.05) is 29.5 Å². The second-order valence-corrected chi connectivity index (χ2v) is 9.64. The van der Waals surface area contributed by atoms with Crippen LogP contribution >= 0.6 is 0 Å². The molecule has 4 atom stereocenters. The van der Waals surface area contributed by atoms with Gasteiger partial charge in [-0.25, -0.2) is 0 Å². The predicted octanol–water partition coefficient (Wildman–Crippen LogP) is 5.95. The Kier molecular flexibility index (Phi) is 7.17. The van der Waals surface area contributed by atoms with Crippen molar-refractivity contribution in [2.45, 2.75) is 76.7 Å². The van der Waals surface area contributed by atoms with Crippen molar-refractivity contribution in [1.29, 1.82) is 0 Å². The van der Waals surface area contributed by atoms with Crippen molar-refractivity contribution in [3.63, 3.8) is 0 Å². The number of rotatable bonds is 5. The first-order chi connectivity index (χ1) is 15.2. The summed E-state index contributed by atoms with van der Waals surface area (Å²) in [6, 6.07) is 0.813. The summed E-state index contributed by atoms with van der Waals surface area (Å²) < 4.78 is 78.1. The Bertz CT molecular complexity index is 866. The van der Waals surface area contributed by atoms with Crippen LogP contribution in [0.4, 0.5) is 32.0 Å². The first-order valence-electron chi connectivity index (χ1n) is 11.1. The number of anilines is 1. The largest absolute Gasteiger partial charge is 0.416 e. The molecule has 2 fully saturated rings. The number of Topliss-reactive ketones (excluding diaryl/α,β-unsaturated/α-hetero) is 1. The van der Waals surface area contributed by atoms with Crippen molar-refractivity contribution >= 4 is 17.4 Å². The molecular formula is C23H28F6N2O2. The van der Waals surface area contributed by atoms with Crippen LogP contribution in [0.3, 0.4) is 0 Å². The van der Waals surface area contributed by atoms with E-state index in [9.17, 15) is 35.9 Å². The third-order valence-corrected chi connectivity index (χ3v) is 6.94. The molecule has 0 radical (unpaired) electrons. The number of carbonyl (C=O) groups excluding carboxylic acids is 2. The Morgan fingerprint density at radius 2 is 1.58 bits per heavy atom. The molecule has 0 bridgehead atoms. The van der Waals surface area contributed by atoms with Crippen molar-refractivity contribution in [3.05, 3.63) is 29.3 Å². The highest BCUT2D eigenvalue weighted by molar-refractivity contribution is 5.91. The van der Waals surface area contributed by atoms with E-state index in [4.69, 9.17) is 5.73 Å². The van der Waals surface area contributed by atoms with E-state index >= 15 is 0 Å². The van der Waals surface area contributed by atoms with Gasteiger partial charge in [0.2, 0.25) is 5.91 Å². The maximum atomic E-state index is 13.1. The summed E-state index contributed by atoms with van der Waals surface area (Å²) in [5.41, 5.74) is 1.98. The van der Waals surface area contributed by atoms with E-state index in [2.05, 4.69) is 5.32 Å². The van der Waals surface area contributed by atoms with Crippen LogP contribution in [0.15, 0.2) is 18.2 Å². The molecule has 1 aromatic carbocycles. The monoisotopic (exact) mass is 478 g/mol. The van der Waals surface area contributed by atoms with Crippen molar-refractivity contribution < 1.29 is 35.9 Å². The van der Waals surface area contributed by atoms with Crippen molar-refractivity contribution in [2.24, 2.45) is 23.0 Å².